The maximum Gasteiger partial charge on any atom is 0.184 e. The number of nitrogens with zero attached hydrogens (tertiary/aromatic N) is 1. The zero-order chi connectivity index (χ0) is 14.5. The van der Waals surface area contributed by atoms with Gasteiger partial charge in [0.15, 0.2) is 5.78 Å². The second kappa shape index (κ2) is 6.53. The molecule has 20 heavy (non-hydrogen) atoms. The molecule has 0 aliphatic carbocycles. The monoisotopic (exact) mass is 377 g/mol. The molecule has 0 fully saturated rings. The molecule has 0 radical (unpaired) electrons. The predicted molar refractivity (Wildman–Crippen MR) is 84.8 cm³/mol. The molecule has 0 saturated heterocycles. The molecule has 0 N–H and O–H groups in total. The van der Waals surface area contributed by atoms with Crippen LogP contribution in [-0.4, -0.2) is 12.9 Å². The van der Waals surface area contributed by atoms with Gasteiger partial charge in [-0.25, -0.2) is 0 Å². The molecule has 3 nitrogen and oxygen atoms in total. The highest BCUT2D eigenvalue weighted by Crippen LogP contribution is 2.23. The van der Waals surface area contributed by atoms with E-state index in [0.717, 1.165) is 3.57 Å². The van der Waals surface area contributed by atoms with Crippen molar-refractivity contribution in [2.45, 2.75) is 5.92 Å². The van der Waals surface area contributed by atoms with Gasteiger partial charge in [-0.1, -0.05) is 24.3 Å². The Bertz CT molecular complexity index is 659. The van der Waals surface area contributed by atoms with Crippen molar-refractivity contribution in [1.82, 2.24) is 0 Å². The Hall–Kier alpha value is -1.87. The summed E-state index contributed by atoms with van der Waals surface area (Å²) in [6.07, 6.45) is 0. The normalized spacial score (nSPS) is 11.4. The Morgan fingerprint density at radius 1 is 1.25 bits per heavy atom. The number of carbonyl (C=O) groups excluding carboxylic acids is 1. The number of Topliss-reactive ketones (excluding diaryl/α,β-unsaturated/α-hetero) is 1. The van der Waals surface area contributed by atoms with Crippen LogP contribution in [0.5, 0.6) is 5.75 Å². The Morgan fingerprint density at radius 3 is 2.50 bits per heavy atom. The van der Waals surface area contributed by atoms with Crippen LogP contribution in [0.15, 0.2) is 48.5 Å². The number of halogens is 1. The lowest BCUT2D eigenvalue weighted by molar-refractivity contribution is 0.0979. The Kier molecular flexibility index (Phi) is 4.74. The fourth-order valence-corrected chi connectivity index (χ4v) is 2.43. The molecule has 0 aliphatic heterocycles. The number of hydrogen-bond acceptors (Lipinski definition) is 3. The lowest BCUT2D eigenvalue weighted by atomic mass is 9.92. The van der Waals surface area contributed by atoms with Crippen LogP contribution in [-0.2, 0) is 0 Å². The van der Waals surface area contributed by atoms with E-state index in [-0.39, 0.29) is 5.78 Å². The first kappa shape index (κ1) is 14.5. The second-order valence-electron chi connectivity index (χ2n) is 4.21. The molecule has 0 amide bonds. The van der Waals surface area contributed by atoms with E-state index in [1.807, 2.05) is 12.1 Å². The first-order chi connectivity index (χ1) is 9.65. The third-order valence-corrected chi connectivity index (χ3v) is 3.62. The van der Waals surface area contributed by atoms with E-state index in [4.69, 9.17) is 4.74 Å². The number of ketones is 1. The summed E-state index contributed by atoms with van der Waals surface area (Å²) in [5, 5.41) is 9.30. The minimum absolute atomic E-state index is 0.184. The van der Waals surface area contributed by atoms with E-state index >= 15 is 0 Å². The number of benzene rings is 2. The molecule has 0 spiro atoms. The van der Waals surface area contributed by atoms with Crippen molar-refractivity contribution in [3.63, 3.8) is 0 Å². The molecule has 0 heterocycles. The van der Waals surface area contributed by atoms with Crippen molar-refractivity contribution in [1.29, 1.82) is 5.26 Å². The minimum atomic E-state index is -0.792. The van der Waals surface area contributed by atoms with Gasteiger partial charge < -0.3 is 4.74 Å². The fourth-order valence-electron chi connectivity index (χ4n) is 1.89. The number of nitriles is 1. The SMILES string of the molecule is COc1ccc(C(C#N)C(=O)c2cccc(I)c2)cc1. The van der Waals surface area contributed by atoms with Crippen LogP contribution >= 0.6 is 22.6 Å². The van der Waals surface area contributed by atoms with Crippen LogP contribution in [0.3, 0.4) is 0 Å². The van der Waals surface area contributed by atoms with Gasteiger partial charge in [-0.2, -0.15) is 5.26 Å². The summed E-state index contributed by atoms with van der Waals surface area (Å²) in [7, 11) is 1.58. The van der Waals surface area contributed by atoms with Crippen LogP contribution in [0.25, 0.3) is 0 Å². The summed E-state index contributed by atoms with van der Waals surface area (Å²) in [6, 6.07) is 16.3. The molecule has 0 bridgehead atoms. The molecule has 1 unspecified atom stereocenters. The van der Waals surface area contributed by atoms with E-state index in [9.17, 15) is 10.1 Å². The molecule has 1 atom stereocenters. The summed E-state index contributed by atoms with van der Waals surface area (Å²) in [6.45, 7) is 0. The van der Waals surface area contributed by atoms with Crippen molar-refractivity contribution in [2.24, 2.45) is 0 Å². The van der Waals surface area contributed by atoms with Crippen molar-refractivity contribution < 1.29 is 9.53 Å². The first-order valence-electron chi connectivity index (χ1n) is 5.99. The minimum Gasteiger partial charge on any atom is -0.497 e. The lowest BCUT2D eigenvalue weighted by Gasteiger charge is -2.09. The van der Waals surface area contributed by atoms with Crippen molar-refractivity contribution in [3.8, 4) is 11.8 Å². The number of methoxy groups -OCH3 is 1. The quantitative estimate of drug-likeness (QED) is 0.602. The van der Waals surface area contributed by atoms with Crippen LogP contribution in [0.4, 0.5) is 0 Å². The van der Waals surface area contributed by atoms with Crippen molar-refractivity contribution in [2.75, 3.05) is 7.11 Å². The van der Waals surface area contributed by atoms with Crippen LogP contribution in [0, 0.1) is 14.9 Å². The highest BCUT2D eigenvalue weighted by atomic mass is 127. The van der Waals surface area contributed by atoms with Gasteiger partial charge in [-0.05, 0) is 52.4 Å². The second-order valence-corrected chi connectivity index (χ2v) is 5.46. The van der Waals surface area contributed by atoms with Crippen LogP contribution < -0.4 is 4.74 Å². The highest BCUT2D eigenvalue weighted by Gasteiger charge is 2.21. The maximum atomic E-state index is 12.4. The predicted octanol–water partition coefficient (Wildman–Crippen LogP) is 3.79. The van der Waals surface area contributed by atoms with Gasteiger partial charge in [0.2, 0.25) is 0 Å². The van der Waals surface area contributed by atoms with E-state index < -0.39 is 5.92 Å². The smallest absolute Gasteiger partial charge is 0.184 e. The summed E-state index contributed by atoms with van der Waals surface area (Å²) in [5.74, 6) is -0.276. The Balaban J connectivity index is 2.32. The average Bonchev–Trinajstić information content (AvgIpc) is 2.48. The van der Waals surface area contributed by atoms with Crippen molar-refractivity contribution >= 4 is 28.4 Å². The lowest BCUT2D eigenvalue weighted by Crippen LogP contribution is -2.11. The third-order valence-electron chi connectivity index (χ3n) is 2.95. The number of rotatable bonds is 4. The molecule has 0 aromatic heterocycles. The molecule has 0 saturated carbocycles. The van der Waals surface area contributed by atoms with Gasteiger partial charge in [-0.3, -0.25) is 4.79 Å². The molecule has 2 aromatic carbocycles. The van der Waals surface area contributed by atoms with Crippen LogP contribution in [0.1, 0.15) is 21.8 Å². The van der Waals surface area contributed by atoms with Gasteiger partial charge in [-0.15, -0.1) is 0 Å². The summed E-state index contributed by atoms with van der Waals surface area (Å²) in [5.41, 5.74) is 1.23. The summed E-state index contributed by atoms with van der Waals surface area (Å²) < 4.78 is 6.05. The number of hydrogen-bond donors (Lipinski definition) is 0. The zero-order valence-corrected chi connectivity index (χ0v) is 13.0. The van der Waals surface area contributed by atoms with Gasteiger partial charge in [0, 0.05) is 9.13 Å². The topological polar surface area (TPSA) is 50.1 Å². The molecule has 4 heteroatoms. The molecular weight excluding hydrogens is 365 g/mol. The van der Waals surface area contributed by atoms with Gasteiger partial charge in [0.05, 0.1) is 13.2 Å². The van der Waals surface area contributed by atoms with E-state index in [0.29, 0.717) is 16.9 Å². The highest BCUT2D eigenvalue weighted by molar-refractivity contribution is 14.1. The molecule has 2 aromatic rings. The number of ether oxygens (including phenoxy) is 1. The molecule has 100 valence electrons. The Morgan fingerprint density at radius 2 is 1.95 bits per heavy atom. The largest absolute Gasteiger partial charge is 0.497 e. The maximum absolute atomic E-state index is 12.4. The van der Waals surface area contributed by atoms with Crippen molar-refractivity contribution in [3.05, 3.63) is 63.2 Å². The van der Waals surface area contributed by atoms with Crippen LogP contribution in [0.2, 0.25) is 0 Å². The summed E-state index contributed by atoms with van der Waals surface area (Å²) >= 11 is 2.15. The molecule has 2 rings (SSSR count). The summed E-state index contributed by atoms with van der Waals surface area (Å²) in [4.78, 5) is 12.4. The molecule has 0 aliphatic rings. The molecular formula is C16H12INO2. The number of carbonyl (C=O) groups is 1. The standard InChI is InChI=1S/C16H12INO2/c1-20-14-7-5-11(6-8-14)15(10-18)16(19)12-3-2-4-13(17)9-12/h2-9,15H,1H3. The Labute approximate surface area is 131 Å². The first-order valence-corrected chi connectivity index (χ1v) is 7.07. The zero-order valence-electron chi connectivity index (χ0n) is 10.8. The van der Waals surface area contributed by atoms with Gasteiger partial charge >= 0.3 is 0 Å². The van der Waals surface area contributed by atoms with Gasteiger partial charge in [0.1, 0.15) is 11.7 Å². The van der Waals surface area contributed by atoms with E-state index in [1.54, 1.807) is 43.5 Å². The average molecular weight is 377 g/mol. The van der Waals surface area contributed by atoms with E-state index in [1.165, 1.54) is 0 Å². The van der Waals surface area contributed by atoms with Gasteiger partial charge in [0.25, 0.3) is 0 Å². The third kappa shape index (κ3) is 3.17. The van der Waals surface area contributed by atoms with E-state index in [2.05, 4.69) is 28.7 Å². The fraction of sp³-hybridized carbons (Fsp3) is 0.125.